The number of carbonyl (C=O) groups excluding carboxylic acids is 2. The standard InChI is InChI=1S/C21H31N5O3/c1-14-11-25(12-15(2)29-14)21(3,4)13-23-20(28)17-10-18(19(22)27)26(24-17)16-8-6-5-7-9-16/h5-9,14-15,18H,10-13H2,1-4H3,(H2,22,27)(H,23,28). The Kier molecular flexibility index (Phi) is 6.24. The largest absolute Gasteiger partial charge is 0.373 e. The van der Waals surface area contributed by atoms with Crippen molar-refractivity contribution in [2.45, 2.75) is 57.9 Å². The number of hydrogen-bond acceptors (Lipinski definition) is 6. The predicted molar refractivity (Wildman–Crippen MR) is 113 cm³/mol. The molecule has 0 spiro atoms. The number of amides is 2. The molecule has 8 nitrogen and oxygen atoms in total. The lowest BCUT2D eigenvalue weighted by Crippen LogP contribution is -2.59. The summed E-state index contributed by atoms with van der Waals surface area (Å²) in [6, 6.07) is 8.61. The first-order valence-corrected chi connectivity index (χ1v) is 10.1. The second-order valence-electron chi connectivity index (χ2n) is 8.51. The third kappa shape index (κ3) is 4.94. The van der Waals surface area contributed by atoms with Crippen molar-refractivity contribution in [2.24, 2.45) is 10.8 Å². The molecule has 0 aliphatic carbocycles. The first-order chi connectivity index (χ1) is 13.7. The zero-order valence-electron chi connectivity index (χ0n) is 17.6. The molecule has 0 aromatic heterocycles. The highest BCUT2D eigenvalue weighted by Crippen LogP contribution is 2.25. The van der Waals surface area contributed by atoms with Crippen molar-refractivity contribution < 1.29 is 14.3 Å². The fraction of sp³-hybridized carbons (Fsp3) is 0.571. The molecule has 3 atom stereocenters. The van der Waals surface area contributed by atoms with Crippen molar-refractivity contribution in [1.29, 1.82) is 0 Å². The Labute approximate surface area is 172 Å². The van der Waals surface area contributed by atoms with Gasteiger partial charge in [0.2, 0.25) is 5.91 Å². The van der Waals surface area contributed by atoms with Crippen LogP contribution in [0.15, 0.2) is 35.4 Å². The summed E-state index contributed by atoms with van der Waals surface area (Å²) in [6.07, 6.45) is 0.509. The molecule has 2 amide bonds. The predicted octanol–water partition coefficient (Wildman–Crippen LogP) is 1.11. The normalized spacial score (nSPS) is 25.6. The lowest BCUT2D eigenvalue weighted by Gasteiger charge is -2.45. The van der Waals surface area contributed by atoms with Gasteiger partial charge in [0.25, 0.3) is 5.91 Å². The van der Waals surface area contributed by atoms with Gasteiger partial charge in [-0.15, -0.1) is 0 Å². The highest BCUT2D eigenvalue weighted by molar-refractivity contribution is 6.40. The van der Waals surface area contributed by atoms with E-state index in [1.165, 1.54) is 5.01 Å². The lowest BCUT2D eigenvalue weighted by atomic mass is 9.99. The maximum atomic E-state index is 12.8. The molecule has 2 heterocycles. The van der Waals surface area contributed by atoms with Crippen LogP contribution >= 0.6 is 0 Å². The number of primary amides is 1. The molecule has 1 saturated heterocycles. The molecule has 1 aromatic carbocycles. The van der Waals surface area contributed by atoms with Gasteiger partial charge in [0.1, 0.15) is 11.8 Å². The van der Waals surface area contributed by atoms with Crippen molar-refractivity contribution in [1.82, 2.24) is 10.2 Å². The van der Waals surface area contributed by atoms with Gasteiger partial charge in [0.15, 0.2) is 0 Å². The van der Waals surface area contributed by atoms with E-state index in [9.17, 15) is 9.59 Å². The molecule has 8 heteroatoms. The Morgan fingerprint density at radius 1 is 1.21 bits per heavy atom. The highest BCUT2D eigenvalue weighted by atomic mass is 16.5. The maximum absolute atomic E-state index is 12.8. The maximum Gasteiger partial charge on any atom is 0.267 e. The number of nitrogens with one attached hydrogen (secondary N) is 1. The minimum Gasteiger partial charge on any atom is -0.373 e. The van der Waals surface area contributed by atoms with E-state index in [-0.39, 0.29) is 30.1 Å². The summed E-state index contributed by atoms with van der Waals surface area (Å²) in [7, 11) is 0. The van der Waals surface area contributed by atoms with Gasteiger partial charge in [-0.05, 0) is 39.8 Å². The number of hydrazone groups is 1. The molecule has 0 bridgehead atoms. The zero-order valence-corrected chi connectivity index (χ0v) is 17.6. The molecule has 3 N–H and O–H groups in total. The number of rotatable bonds is 6. The van der Waals surface area contributed by atoms with Crippen LogP contribution < -0.4 is 16.1 Å². The van der Waals surface area contributed by atoms with Gasteiger partial charge in [0.05, 0.1) is 17.9 Å². The summed E-state index contributed by atoms with van der Waals surface area (Å²) in [6.45, 7) is 10.4. The molecular weight excluding hydrogens is 370 g/mol. The van der Waals surface area contributed by atoms with E-state index >= 15 is 0 Å². The van der Waals surface area contributed by atoms with Crippen LogP contribution in [0, 0.1) is 0 Å². The summed E-state index contributed by atoms with van der Waals surface area (Å²) < 4.78 is 5.81. The van der Waals surface area contributed by atoms with Gasteiger partial charge in [0, 0.05) is 31.6 Å². The van der Waals surface area contributed by atoms with E-state index in [0.29, 0.717) is 12.3 Å². The molecule has 3 rings (SSSR count). The number of para-hydroxylation sites is 1. The first-order valence-electron chi connectivity index (χ1n) is 10.1. The summed E-state index contributed by atoms with van der Waals surface area (Å²) >= 11 is 0. The van der Waals surface area contributed by atoms with Gasteiger partial charge in [-0.1, -0.05) is 18.2 Å². The Bertz CT molecular complexity index is 770. The Hall–Kier alpha value is -2.45. The second-order valence-corrected chi connectivity index (χ2v) is 8.51. The van der Waals surface area contributed by atoms with Gasteiger partial charge >= 0.3 is 0 Å². The number of benzene rings is 1. The fourth-order valence-corrected chi connectivity index (χ4v) is 3.87. The van der Waals surface area contributed by atoms with Crippen molar-refractivity contribution in [3.05, 3.63) is 30.3 Å². The van der Waals surface area contributed by atoms with Crippen LogP contribution in [0.3, 0.4) is 0 Å². The van der Waals surface area contributed by atoms with E-state index < -0.39 is 11.9 Å². The van der Waals surface area contributed by atoms with Crippen LogP contribution in [0.5, 0.6) is 0 Å². The average Bonchev–Trinajstić information content (AvgIpc) is 3.12. The smallest absolute Gasteiger partial charge is 0.267 e. The molecule has 29 heavy (non-hydrogen) atoms. The Balaban J connectivity index is 1.66. The number of ether oxygens (including phenoxy) is 1. The van der Waals surface area contributed by atoms with E-state index in [0.717, 1.165) is 18.8 Å². The molecule has 1 fully saturated rings. The fourth-order valence-electron chi connectivity index (χ4n) is 3.87. The Morgan fingerprint density at radius 2 is 1.83 bits per heavy atom. The lowest BCUT2D eigenvalue weighted by molar-refractivity contribution is -0.119. The first kappa shape index (κ1) is 21.3. The van der Waals surface area contributed by atoms with Gasteiger partial charge in [-0.2, -0.15) is 5.10 Å². The van der Waals surface area contributed by atoms with Gasteiger partial charge in [-0.3, -0.25) is 19.5 Å². The summed E-state index contributed by atoms with van der Waals surface area (Å²) in [4.78, 5) is 27.0. The third-order valence-electron chi connectivity index (χ3n) is 5.48. The van der Waals surface area contributed by atoms with Crippen LogP contribution in [-0.2, 0) is 14.3 Å². The monoisotopic (exact) mass is 401 g/mol. The average molecular weight is 402 g/mol. The summed E-state index contributed by atoms with van der Waals surface area (Å²) in [5, 5.41) is 8.93. The molecular formula is C21H31N5O3. The van der Waals surface area contributed by atoms with Gasteiger partial charge < -0.3 is 15.8 Å². The van der Waals surface area contributed by atoms with Crippen LogP contribution in [-0.4, -0.2) is 65.8 Å². The van der Waals surface area contributed by atoms with Gasteiger partial charge in [-0.25, -0.2) is 0 Å². The number of nitrogens with two attached hydrogens (primary N) is 1. The van der Waals surface area contributed by atoms with E-state index in [1.54, 1.807) is 0 Å². The van der Waals surface area contributed by atoms with Crippen molar-refractivity contribution >= 4 is 23.2 Å². The topological polar surface area (TPSA) is 100 Å². The molecule has 0 radical (unpaired) electrons. The number of morpholine rings is 1. The summed E-state index contributed by atoms with van der Waals surface area (Å²) in [5.41, 5.74) is 6.37. The van der Waals surface area contributed by atoms with Crippen LogP contribution in [0.25, 0.3) is 0 Å². The molecule has 1 aromatic rings. The minimum absolute atomic E-state index is 0.156. The number of carbonyl (C=O) groups is 2. The van der Waals surface area contributed by atoms with Crippen molar-refractivity contribution in [3.8, 4) is 0 Å². The van der Waals surface area contributed by atoms with E-state index in [1.807, 2.05) is 30.3 Å². The summed E-state index contributed by atoms with van der Waals surface area (Å²) in [5.74, 6) is -0.769. The quantitative estimate of drug-likeness (QED) is 0.744. The third-order valence-corrected chi connectivity index (χ3v) is 5.48. The van der Waals surface area contributed by atoms with E-state index in [2.05, 4.69) is 43.0 Å². The van der Waals surface area contributed by atoms with Crippen molar-refractivity contribution in [2.75, 3.05) is 24.6 Å². The molecule has 2 aliphatic heterocycles. The minimum atomic E-state index is -0.660. The van der Waals surface area contributed by atoms with Crippen LogP contribution in [0.1, 0.15) is 34.1 Å². The molecule has 3 unspecified atom stereocenters. The molecule has 0 saturated carbocycles. The molecule has 158 valence electrons. The number of anilines is 1. The van der Waals surface area contributed by atoms with Crippen LogP contribution in [0.2, 0.25) is 0 Å². The van der Waals surface area contributed by atoms with Crippen molar-refractivity contribution in [3.63, 3.8) is 0 Å². The Morgan fingerprint density at radius 3 is 2.41 bits per heavy atom. The second kappa shape index (κ2) is 8.51. The van der Waals surface area contributed by atoms with Crippen LogP contribution in [0.4, 0.5) is 5.69 Å². The number of nitrogens with zero attached hydrogens (tertiary/aromatic N) is 3. The van der Waals surface area contributed by atoms with E-state index in [4.69, 9.17) is 10.5 Å². The highest BCUT2D eigenvalue weighted by Gasteiger charge is 2.37. The SMILES string of the molecule is CC1CN(C(C)(C)CNC(=O)C2=NN(c3ccccc3)C(C(N)=O)C2)CC(C)O1. The number of hydrogen-bond donors (Lipinski definition) is 2. The molecule has 2 aliphatic rings. The zero-order chi connectivity index (χ0) is 21.2.